The number of thiazole rings is 1. The van der Waals surface area contributed by atoms with Gasteiger partial charge in [0.05, 0.1) is 5.56 Å². The van der Waals surface area contributed by atoms with E-state index in [0.717, 1.165) is 11.3 Å². The number of thioether (sulfide) groups is 1. The lowest BCUT2D eigenvalue weighted by Gasteiger charge is -2.49. The third kappa shape index (κ3) is 4.79. The molecule has 0 aliphatic carbocycles. The predicted molar refractivity (Wildman–Crippen MR) is 140 cm³/mol. The molecule has 3 aromatic rings. The van der Waals surface area contributed by atoms with Gasteiger partial charge in [-0.05, 0) is 13.0 Å². The first kappa shape index (κ1) is 26.2. The van der Waals surface area contributed by atoms with Crippen LogP contribution >= 0.6 is 23.1 Å². The van der Waals surface area contributed by atoms with E-state index in [9.17, 15) is 24.3 Å². The normalized spacial score (nSPS) is 19.1. The third-order valence-corrected chi connectivity index (χ3v) is 8.12. The number of aliphatic carboxylic acids is 1. The number of anilines is 1. The zero-order valence-corrected chi connectivity index (χ0v) is 22.1. The molecule has 0 saturated carbocycles. The van der Waals surface area contributed by atoms with Crippen molar-refractivity contribution in [3.63, 3.8) is 0 Å². The second-order valence-electron chi connectivity index (χ2n) is 8.52. The van der Waals surface area contributed by atoms with Gasteiger partial charge >= 0.3 is 5.97 Å². The van der Waals surface area contributed by atoms with Gasteiger partial charge in [-0.15, -0.1) is 23.1 Å². The number of hydrogen-bond acceptors (Lipinski definition) is 10. The SMILES string of the molecule is CCO/N=C(\C(=O)N[C@@H]1C(=O)N2C(C(=O)O)=C(C[n+]3ccn4cc(C(N)=O)ccc43)CS[C@H]12)c1csc(N)n1. The van der Waals surface area contributed by atoms with Crippen LogP contribution < -0.4 is 21.4 Å². The van der Waals surface area contributed by atoms with Crippen LogP contribution in [-0.2, 0) is 25.8 Å². The fourth-order valence-electron chi connectivity index (χ4n) is 4.33. The number of primary amides is 1. The molecule has 0 aromatic carbocycles. The lowest BCUT2D eigenvalue weighted by molar-refractivity contribution is -0.662. The molecule has 2 atom stereocenters. The van der Waals surface area contributed by atoms with Gasteiger partial charge in [-0.2, -0.15) is 0 Å². The molecule has 5 heterocycles. The number of nitrogens with zero attached hydrogens (tertiary/aromatic N) is 5. The average molecular weight is 572 g/mol. The Morgan fingerprint density at radius 1 is 1.36 bits per heavy atom. The summed E-state index contributed by atoms with van der Waals surface area (Å²) in [4.78, 5) is 60.2. The zero-order valence-electron chi connectivity index (χ0n) is 20.4. The number of fused-ring (bicyclic) bond motifs is 2. The Balaban J connectivity index is 1.37. The van der Waals surface area contributed by atoms with Crippen molar-refractivity contribution >= 4 is 63.3 Å². The van der Waals surface area contributed by atoms with Crippen LogP contribution in [0, 0.1) is 0 Å². The lowest BCUT2D eigenvalue weighted by Crippen LogP contribution is -2.71. The molecule has 2 aliphatic rings. The molecule has 6 N–H and O–H groups in total. The number of imidazole rings is 1. The Bertz CT molecular complexity index is 1580. The molecule has 5 rings (SSSR count). The standard InChI is InChI=1S/C23H22N8O6S2/c1-2-37-28-15(13-10-39-23(25)26-13)19(33)27-16-20(34)31-17(22(35)36)12(9-38-21(16)31)8-30-6-5-29-7-11(18(24)32)3-4-14(29)30/h3-7,10,16,21H,2,8-9H2,1H3,(H5-,24,25,26,27,32,33,35,36)/p+1/b28-15-/t16-,21-/m1/s1. The van der Waals surface area contributed by atoms with Crippen LogP contribution in [0.2, 0.25) is 0 Å². The van der Waals surface area contributed by atoms with Gasteiger partial charge in [0.1, 0.15) is 54.5 Å². The second kappa shape index (κ2) is 10.4. The van der Waals surface area contributed by atoms with Crippen LogP contribution in [0.4, 0.5) is 5.13 Å². The summed E-state index contributed by atoms with van der Waals surface area (Å²) in [6, 6.07) is 2.33. The van der Waals surface area contributed by atoms with Gasteiger partial charge in [-0.25, -0.2) is 18.7 Å². The van der Waals surface area contributed by atoms with Crippen molar-refractivity contribution in [2.45, 2.75) is 24.9 Å². The number of carbonyl (C=O) groups is 4. The summed E-state index contributed by atoms with van der Waals surface area (Å²) in [5.41, 5.74) is 12.5. The third-order valence-electron chi connectivity index (χ3n) is 6.10. The van der Waals surface area contributed by atoms with Crippen LogP contribution in [0.5, 0.6) is 0 Å². The number of nitrogens with one attached hydrogen (secondary N) is 1. The summed E-state index contributed by atoms with van der Waals surface area (Å²) in [6.45, 7) is 2.11. The molecule has 2 aliphatic heterocycles. The van der Waals surface area contributed by atoms with Crippen molar-refractivity contribution in [2.75, 3.05) is 18.1 Å². The van der Waals surface area contributed by atoms with Gasteiger partial charge in [0.25, 0.3) is 23.4 Å². The van der Waals surface area contributed by atoms with E-state index in [0.29, 0.717) is 22.5 Å². The maximum atomic E-state index is 13.1. The van der Waals surface area contributed by atoms with Crippen LogP contribution in [0.1, 0.15) is 23.0 Å². The molecule has 16 heteroatoms. The highest BCUT2D eigenvalue weighted by atomic mass is 32.2. The zero-order chi connectivity index (χ0) is 27.8. The van der Waals surface area contributed by atoms with Crippen LogP contribution in [-0.4, -0.2) is 72.6 Å². The summed E-state index contributed by atoms with van der Waals surface area (Å²) in [7, 11) is 0. The largest absolute Gasteiger partial charge is 0.477 e. The van der Waals surface area contributed by atoms with E-state index in [1.165, 1.54) is 16.7 Å². The van der Waals surface area contributed by atoms with Gasteiger partial charge < -0.3 is 26.7 Å². The average Bonchev–Trinajstić information content (AvgIpc) is 3.52. The van der Waals surface area contributed by atoms with Crippen LogP contribution in [0.25, 0.3) is 5.65 Å². The number of pyridine rings is 1. The van der Waals surface area contributed by atoms with Gasteiger partial charge in [-0.3, -0.25) is 19.3 Å². The van der Waals surface area contributed by atoms with Gasteiger partial charge in [0.15, 0.2) is 10.8 Å². The Kier molecular flexibility index (Phi) is 6.96. The van der Waals surface area contributed by atoms with E-state index in [1.54, 1.807) is 47.4 Å². The Morgan fingerprint density at radius 2 is 2.15 bits per heavy atom. The highest BCUT2D eigenvalue weighted by Gasteiger charge is 2.54. The number of hydrogen-bond donors (Lipinski definition) is 4. The van der Waals surface area contributed by atoms with Crippen LogP contribution in [0.15, 0.2) is 52.5 Å². The number of rotatable bonds is 9. The number of carboxylic acid groups (broad SMARTS) is 1. The molecule has 0 spiro atoms. The highest BCUT2D eigenvalue weighted by Crippen LogP contribution is 2.40. The summed E-state index contributed by atoms with van der Waals surface area (Å²) in [5, 5.41) is 17.7. The molecule has 1 saturated heterocycles. The van der Waals surface area contributed by atoms with E-state index >= 15 is 0 Å². The first-order chi connectivity index (χ1) is 18.7. The number of nitrogen functional groups attached to an aromatic ring is 1. The quantitative estimate of drug-likeness (QED) is 0.114. The summed E-state index contributed by atoms with van der Waals surface area (Å²) in [6.07, 6.45) is 5.05. The van der Waals surface area contributed by atoms with Crippen molar-refractivity contribution in [1.29, 1.82) is 0 Å². The Morgan fingerprint density at radius 3 is 2.82 bits per heavy atom. The van der Waals surface area contributed by atoms with Gasteiger partial charge in [-0.1, -0.05) is 5.16 Å². The number of amides is 3. The van der Waals surface area contributed by atoms with Crippen molar-refractivity contribution in [2.24, 2.45) is 10.9 Å². The molecule has 0 radical (unpaired) electrons. The molecule has 0 bridgehead atoms. The number of nitrogens with two attached hydrogens (primary N) is 2. The molecule has 202 valence electrons. The van der Waals surface area contributed by atoms with Crippen molar-refractivity contribution in [3.05, 3.63) is 58.6 Å². The Labute approximate surface area is 228 Å². The monoisotopic (exact) mass is 571 g/mol. The van der Waals surface area contributed by atoms with E-state index in [2.05, 4.69) is 15.5 Å². The molecule has 0 unspecified atom stereocenters. The summed E-state index contributed by atoms with van der Waals surface area (Å²) in [5.74, 6) is -2.74. The number of oxime groups is 1. The molecule has 14 nitrogen and oxygen atoms in total. The van der Waals surface area contributed by atoms with E-state index in [4.69, 9.17) is 16.3 Å². The number of carboxylic acids is 1. The molecule has 3 aromatic heterocycles. The molecular formula is C23H23N8O6S2+. The topological polar surface area (TPSA) is 199 Å². The highest BCUT2D eigenvalue weighted by molar-refractivity contribution is 8.00. The first-order valence-electron chi connectivity index (χ1n) is 11.6. The van der Waals surface area contributed by atoms with E-state index in [1.807, 2.05) is 4.57 Å². The maximum Gasteiger partial charge on any atom is 0.352 e. The smallest absolute Gasteiger partial charge is 0.352 e. The van der Waals surface area contributed by atoms with Crippen molar-refractivity contribution in [1.82, 2.24) is 19.6 Å². The van der Waals surface area contributed by atoms with Crippen molar-refractivity contribution < 1.29 is 33.7 Å². The fourth-order valence-corrected chi connectivity index (χ4v) is 6.21. The molecule has 39 heavy (non-hydrogen) atoms. The van der Waals surface area contributed by atoms with Crippen molar-refractivity contribution in [3.8, 4) is 0 Å². The molecular weight excluding hydrogens is 548 g/mol. The first-order valence-corrected chi connectivity index (χ1v) is 13.5. The summed E-state index contributed by atoms with van der Waals surface area (Å²) >= 11 is 2.47. The van der Waals surface area contributed by atoms with Gasteiger partial charge in [0.2, 0.25) is 0 Å². The number of aromatic nitrogens is 3. The predicted octanol–water partition coefficient (Wildman–Crippen LogP) is -0.456. The Hall–Kier alpha value is -4.44. The minimum atomic E-state index is -1.25. The van der Waals surface area contributed by atoms with E-state index < -0.39 is 35.1 Å². The molecule has 3 amide bonds. The van der Waals surface area contributed by atoms with E-state index in [-0.39, 0.29) is 35.4 Å². The maximum absolute atomic E-state index is 13.1. The van der Waals surface area contributed by atoms with Crippen LogP contribution in [0.3, 0.4) is 0 Å². The number of β-lactam (4-membered cyclic amide) rings is 1. The second-order valence-corrected chi connectivity index (χ2v) is 10.5. The minimum Gasteiger partial charge on any atom is -0.477 e. The minimum absolute atomic E-state index is 0.120. The summed E-state index contributed by atoms with van der Waals surface area (Å²) < 4.78 is 3.51. The lowest BCUT2D eigenvalue weighted by atomic mass is 10.0. The number of carbonyl (C=O) groups excluding carboxylic acids is 3. The molecule has 1 fully saturated rings. The fraction of sp³-hybridized carbons (Fsp3) is 0.261. The van der Waals surface area contributed by atoms with Gasteiger partial charge in [0, 0.05) is 22.8 Å².